The molecular weight excluding hydrogens is 511 g/mol. The molecular formula is C28H31FN2O8. The number of benzene rings is 2. The molecule has 0 radical (unpaired) electrons. The summed E-state index contributed by atoms with van der Waals surface area (Å²) in [6.07, 6.45) is 0.912. The number of ether oxygens (including phenoxy) is 4. The van der Waals surface area contributed by atoms with E-state index in [1.807, 2.05) is 6.07 Å². The lowest BCUT2D eigenvalue weighted by atomic mass is 10.1. The van der Waals surface area contributed by atoms with Crippen molar-refractivity contribution in [2.24, 2.45) is 0 Å². The summed E-state index contributed by atoms with van der Waals surface area (Å²) in [6, 6.07) is 15.0. The minimum Gasteiger partial charge on any atom is -0.508 e. The van der Waals surface area contributed by atoms with E-state index >= 15 is 0 Å². The molecule has 208 valence electrons. The van der Waals surface area contributed by atoms with Crippen LogP contribution in [0.15, 0.2) is 60.8 Å². The summed E-state index contributed by atoms with van der Waals surface area (Å²) in [5.41, 5.74) is 1.05. The Morgan fingerprint density at radius 1 is 1.10 bits per heavy atom. The molecule has 1 aromatic heterocycles. The summed E-state index contributed by atoms with van der Waals surface area (Å²) in [4.78, 5) is 39.5. The van der Waals surface area contributed by atoms with Crippen molar-refractivity contribution in [3.63, 3.8) is 0 Å². The number of aryl methyl sites for hydroxylation is 1. The van der Waals surface area contributed by atoms with Gasteiger partial charge in [0.15, 0.2) is 17.2 Å². The molecule has 3 aromatic rings. The van der Waals surface area contributed by atoms with Crippen molar-refractivity contribution in [2.45, 2.75) is 33.3 Å². The van der Waals surface area contributed by atoms with Gasteiger partial charge >= 0.3 is 11.9 Å². The van der Waals surface area contributed by atoms with Gasteiger partial charge in [0.1, 0.15) is 24.2 Å². The molecule has 0 aliphatic rings. The van der Waals surface area contributed by atoms with E-state index in [0.29, 0.717) is 11.3 Å². The second kappa shape index (κ2) is 15.6. The van der Waals surface area contributed by atoms with Crippen LogP contribution in [0.4, 0.5) is 4.39 Å². The number of para-hydroxylation sites is 1. The lowest BCUT2D eigenvalue weighted by Crippen LogP contribution is -2.33. The van der Waals surface area contributed by atoms with Gasteiger partial charge in [-0.3, -0.25) is 14.4 Å². The van der Waals surface area contributed by atoms with Crippen LogP contribution < -0.4 is 14.8 Å². The number of hydrogen-bond donors (Lipinski definition) is 2. The van der Waals surface area contributed by atoms with Gasteiger partial charge in [0.05, 0.1) is 7.11 Å². The number of amides is 1. The minimum atomic E-state index is -0.726. The van der Waals surface area contributed by atoms with E-state index < -0.39 is 37.3 Å². The number of carbonyl (C=O) groups excluding carboxylic acids is 3. The van der Waals surface area contributed by atoms with E-state index in [0.717, 1.165) is 5.56 Å². The summed E-state index contributed by atoms with van der Waals surface area (Å²) < 4.78 is 34.4. The van der Waals surface area contributed by atoms with E-state index in [4.69, 9.17) is 24.1 Å². The fraction of sp³-hybridized carbons (Fsp3) is 0.286. The van der Waals surface area contributed by atoms with Crippen LogP contribution in [0.25, 0.3) is 0 Å². The standard InChI is InChI=1S/C22H25FN2O7.C6H6O/c1-13-5-6-16(17(23)9-13)10-14(2)32-19(27)11-25-22(28)20-21(31-12-30-15(3)26)18(29-4)7-8-24-20;7-6-4-2-1-3-5-6/h5-9,14H,10-12H2,1-4H3,(H,25,28);1-5,7H. The minimum absolute atomic E-state index is 0.0506. The number of pyridine rings is 1. The SMILES string of the molecule is COc1ccnc(C(=O)NCC(=O)OC(C)Cc2ccc(C)cc2F)c1OCOC(C)=O.Oc1ccccc1. The van der Waals surface area contributed by atoms with Crippen molar-refractivity contribution in [1.82, 2.24) is 10.3 Å². The Balaban J connectivity index is 0.000000658. The third kappa shape index (κ3) is 10.7. The van der Waals surface area contributed by atoms with Gasteiger partial charge in [0.25, 0.3) is 5.91 Å². The largest absolute Gasteiger partial charge is 0.508 e. The molecule has 39 heavy (non-hydrogen) atoms. The highest BCUT2D eigenvalue weighted by Gasteiger charge is 2.21. The maximum Gasteiger partial charge on any atom is 0.325 e. The normalized spacial score (nSPS) is 10.8. The van der Waals surface area contributed by atoms with Crippen molar-refractivity contribution < 1.29 is 42.8 Å². The van der Waals surface area contributed by atoms with Crippen LogP contribution in [0.5, 0.6) is 17.2 Å². The van der Waals surface area contributed by atoms with Gasteiger partial charge in [0, 0.05) is 25.6 Å². The number of aromatic nitrogens is 1. The number of nitrogens with zero attached hydrogens (tertiary/aromatic N) is 1. The highest BCUT2D eigenvalue weighted by molar-refractivity contribution is 5.97. The smallest absolute Gasteiger partial charge is 0.325 e. The first-order valence-electron chi connectivity index (χ1n) is 11.9. The Hall–Kier alpha value is -4.67. The molecule has 0 fully saturated rings. The molecule has 1 atom stereocenters. The van der Waals surface area contributed by atoms with Crippen LogP contribution in [0.3, 0.4) is 0 Å². The zero-order valence-corrected chi connectivity index (χ0v) is 22.1. The maximum absolute atomic E-state index is 14.0. The first-order valence-corrected chi connectivity index (χ1v) is 11.9. The van der Waals surface area contributed by atoms with E-state index in [9.17, 15) is 18.8 Å². The third-order valence-electron chi connectivity index (χ3n) is 4.97. The van der Waals surface area contributed by atoms with Gasteiger partial charge in [0.2, 0.25) is 6.79 Å². The molecule has 0 bridgehead atoms. The molecule has 1 amide bonds. The maximum atomic E-state index is 14.0. The zero-order valence-electron chi connectivity index (χ0n) is 22.1. The summed E-state index contributed by atoms with van der Waals surface area (Å²) in [5.74, 6) is -1.91. The van der Waals surface area contributed by atoms with Gasteiger partial charge in [-0.15, -0.1) is 0 Å². The lowest BCUT2D eigenvalue weighted by molar-refractivity contribution is -0.148. The number of esters is 2. The summed E-state index contributed by atoms with van der Waals surface area (Å²) >= 11 is 0. The highest BCUT2D eigenvalue weighted by Crippen LogP contribution is 2.29. The molecule has 1 heterocycles. The van der Waals surface area contributed by atoms with E-state index in [2.05, 4.69) is 10.3 Å². The molecule has 0 saturated heterocycles. The van der Waals surface area contributed by atoms with Gasteiger partial charge in [-0.25, -0.2) is 9.37 Å². The molecule has 11 heteroatoms. The molecule has 0 saturated carbocycles. The molecule has 0 aliphatic heterocycles. The van der Waals surface area contributed by atoms with Crippen LogP contribution >= 0.6 is 0 Å². The number of phenolic OH excluding ortho intramolecular Hbond substituents is 1. The Kier molecular flexibility index (Phi) is 12.2. The Labute approximate surface area is 225 Å². The van der Waals surface area contributed by atoms with Crippen LogP contribution in [-0.2, 0) is 25.5 Å². The van der Waals surface area contributed by atoms with Crippen LogP contribution in [0.2, 0.25) is 0 Å². The molecule has 0 spiro atoms. The predicted molar refractivity (Wildman–Crippen MR) is 139 cm³/mol. The third-order valence-corrected chi connectivity index (χ3v) is 4.97. The molecule has 10 nitrogen and oxygen atoms in total. The topological polar surface area (TPSA) is 133 Å². The Morgan fingerprint density at radius 3 is 2.41 bits per heavy atom. The van der Waals surface area contributed by atoms with E-state index in [1.165, 1.54) is 32.4 Å². The first-order chi connectivity index (χ1) is 18.6. The number of carbonyl (C=O) groups is 3. The highest BCUT2D eigenvalue weighted by atomic mass is 19.1. The van der Waals surface area contributed by atoms with Gasteiger partial charge in [-0.05, 0) is 43.2 Å². The number of halogens is 1. The van der Waals surface area contributed by atoms with Crippen LogP contribution in [0.1, 0.15) is 35.5 Å². The van der Waals surface area contributed by atoms with Gasteiger partial charge in [-0.1, -0.05) is 30.3 Å². The summed E-state index contributed by atoms with van der Waals surface area (Å²) in [6.45, 7) is 3.72. The number of phenols is 1. The van der Waals surface area contributed by atoms with Gasteiger partial charge < -0.3 is 29.4 Å². The van der Waals surface area contributed by atoms with E-state index in [1.54, 1.807) is 50.2 Å². The number of methoxy groups -OCH3 is 1. The molecule has 3 rings (SSSR count). The quantitative estimate of drug-likeness (QED) is 0.290. The fourth-order valence-electron chi connectivity index (χ4n) is 3.16. The number of rotatable bonds is 10. The second-order valence-corrected chi connectivity index (χ2v) is 8.21. The summed E-state index contributed by atoms with van der Waals surface area (Å²) in [7, 11) is 1.37. The van der Waals surface area contributed by atoms with Crippen molar-refractivity contribution in [3.8, 4) is 17.2 Å². The van der Waals surface area contributed by atoms with Crippen molar-refractivity contribution in [3.05, 3.63) is 83.4 Å². The Morgan fingerprint density at radius 2 is 1.82 bits per heavy atom. The van der Waals surface area contributed by atoms with Gasteiger partial charge in [-0.2, -0.15) is 0 Å². The van der Waals surface area contributed by atoms with Crippen LogP contribution in [0, 0.1) is 12.7 Å². The van der Waals surface area contributed by atoms with E-state index in [-0.39, 0.29) is 29.4 Å². The molecule has 2 N–H and O–H groups in total. The lowest BCUT2D eigenvalue weighted by Gasteiger charge is -2.15. The molecule has 1 unspecified atom stereocenters. The molecule has 0 aliphatic carbocycles. The number of nitrogens with one attached hydrogen (secondary N) is 1. The van der Waals surface area contributed by atoms with Crippen LogP contribution in [-0.4, -0.2) is 54.5 Å². The average molecular weight is 543 g/mol. The Bertz CT molecular complexity index is 1250. The summed E-state index contributed by atoms with van der Waals surface area (Å²) in [5, 5.41) is 11.0. The predicted octanol–water partition coefficient (Wildman–Crippen LogP) is 3.73. The number of hydrogen-bond acceptors (Lipinski definition) is 9. The second-order valence-electron chi connectivity index (χ2n) is 8.21. The van der Waals surface area contributed by atoms with Crippen molar-refractivity contribution >= 4 is 17.8 Å². The monoisotopic (exact) mass is 542 g/mol. The first kappa shape index (κ1) is 30.6. The van der Waals surface area contributed by atoms with Crippen molar-refractivity contribution in [1.29, 1.82) is 0 Å². The molecule has 2 aromatic carbocycles. The zero-order chi connectivity index (χ0) is 28.8. The fourth-order valence-corrected chi connectivity index (χ4v) is 3.16. The number of aromatic hydroxyl groups is 1. The average Bonchev–Trinajstić information content (AvgIpc) is 2.89. The van der Waals surface area contributed by atoms with Crippen molar-refractivity contribution in [2.75, 3.05) is 20.4 Å².